The maximum atomic E-state index is 11.9. The fourth-order valence-corrected chi connectivity index (χ4v) is 2.66. The van der Waals surface area contributed by atoms with E-state index in [-0.39, 0.29) is 62.9 Å². The van der Waals surface area contributed by atoms with Crippen LogP contribution in [-0.2, 0) is 17.7 Å². The first-order valence-electron chi connectivity index (χ1n) is 5.94. The molecule has 0 N–H and O–H groups in total. The van der Waals surface area contributed by atoms with Crippen LogP contribution in [0.15, 0.2) is 0 Å². The molecule has 0 saturated heterocycles. The Morgan fingerprint density at radius 2 is 2.05 bits per heavy atom. The fraction of sp³-hybridized carbons (Fsp3) is 0.583. The summed E-state index contributed by atoms with van der Waals surface area (Å²) in [5.74, 6) is -1.27. The van der Waals surface area contributed by atoms with E-state index in [9.17, 15) is 14.7 Å². The van der Waals surface area contributed by atoms with Gasteiger partial charge in [0, 0.05) is 17.8 Å². The number of carboxylic acid groups (broad SMARTS) is 1. The maximum Gasteiger partial charge on any atom is 1.00 e. The molecule has 1 aliphatic heterocycles. The number of thiazole rings is 1. The number of ether oxygens (including phenoxy) is 1. The number of rotatable bonds is 1. The van der Waals surface area contributed by atoms with E-state index >= 15 is 0 Å². The van der Waals surface area contributed by atoms with Gasteiger partial charge in [-0.05, 0) is 20.8 Å². The predicted octanol–water partition coefficient (Wildman–Crippen LogP) is -2.20. The molecular formula is C12H15KN2O4S. The van der Waals surface area contributed by atoms with Gasteiger partial charge in [-0.25, -0.2) is 9.78 Å². The number of carbonyl (C=O) groups excluding carboxylic acids is 2. The largest absolute Gasteiger partial charge is 1.00 e. The minimum atomic E-state index is -1.27. The second kappa shape index (κ2) is 6.84. The van der Waals surface area contributed by atoms with E-state index in [2.05, 4.69) is 4.98 Å². The topological polar surface area (TPSA) is 82.6 Å². The van der Waals surface area contributed by atoms with E-state index < -0.39 is 17.7 Å². The first-order valence-corrected chi connectivity index (χ1v) is 6.76. The van der Waals surface area contributed by atoms with Crippen LogP contribution in [-0.4, -0.2) is 34.1 Å². The van der Waals surface area contributed by atoms with Gasteiger partial charge in [-0.2, -0.15) is 0 Å². The van der Waals surface area contributed by atoms with Crippen molar-refractivity contribution in [1.29, 1.82) is 0 Å². The average molecular weight is 322 g/mol. The summed E-state index contributed by atoms with van der Waals surface area (Å²) in [6.07, 6.45) is 0.195. The summed E-state index contributed by atoms with van der Waals surface area (Å²) in [6, 6.07) is 0. The zero-order valence-electron chi connectivity index (χ0n) is 12.1. The number of aromatic carboxylic acids is 1. The van der Waals surface area contributed by atoms with Gasteiger partial charge >= 0.3 is 57.5 Å². The maximum absolute atomic E-state index is 11.9. The van der Waals surface area contributed by atoms with Crippen molar-refractivity contribution in [3.8, 4) is 0 Å². The Morgan fingerprint density at radius 1 is 1.40 bits per heavy atom. The van der Waals surface area contributed by atoms with Crippen molar-refractivity contribution in [3.63, 3.8) is 0 Å². The minimum Gasteiger partial charge on any atom is -0.542 e. The smallest absolute Gasteiger partial charge is 0.542 e. The quantitative estimate of drug-likeness (QED) is 0.548. The van der Waals surface area contributed by atoms with Crippen molar-refractivity contribution in [2.45, 2.75) is 39.3 Å². The van der Waals surface area contributed by atoms with Gasteiger partial charge in [-0.1, -0.05) is 0 Å². The molecule has 1 aromatic heterocycles. The Labute approximate surface area is 163 Å². The molecule has 0 unspecified atom stereocenters. The van der Waals surface area contributed by atoms with Crippen LogP contribution in [0.1, 0.15) is 41.1 Å². The molecule has 0 saturated carbocycles. The van der Waals surface area contributed by atoms with Crippen molar-refractivity contribution >= 4 is 23.4 Å². The summed E-state index contributed by atoms with van der Waals surface area (Å²) in [7, 11) is 0. The molecule has 0 spiro atoms. The molecule has 2 rings (SSSR count). The second-order valence-electron chi connectivity index (χ2n) is 5.33. The van der Waals surface area contributed by atoms with Crippen LogP contribution in [0, 0.1) is 0 Å². The summed E-state index contributed by atoms with van der Waals surface area (Å²) in [5.41, 5.74) is 0.0802. The molecule has 0 aliphatic carbocycles. The van der Waals surface area contributed by atoms with Crippen LogP contribution in [0.3, 0.4) is 0 Å². The summed E-state index contributed by atoms with van der Waals surface area (Å²) in [5, 5.41) is 10.7. The number of amides is 1. The molecule has 1 aliphatic rings. The van der Waals surface area contributed by atoms with Crippen molar-refractivity contribution in [2.75, 3.05) is 6.54 Å². The second-order valence-corrected chi connectivity index (χ2v) is 6.41. The number of nitrogens with zero attached hydrogens (tertiary/aromatic N) is 2. The molecule has 0 atom stereocenters. The first kappa shape index (κ1) is 18.1. The van der Waals surface area contributed by atoms with Gasteiger partial charge in [-0.3, -0.25) is 0 Å². The Morgan fingerprint density at radius 3 is 2.60 bits per heavy atom. The van der Waals surface area contributed by atoms with E-state index in [1.54, 1.807) is 20.8 Å². The fourth-order valence-electron chi connectivity index (χ4n) is 1.77. The Hall–Kier alpha value is 0.00636. The third-order valence-corrected chi connectivity index (χ3v) is 3.69. The van der Waals surface area contributed by atoms with Crippen LogP contribution in [0.25, 0.3) is 0 Å². The third-order valence-electron chi connectivity index (χ3n) is 2.55. The van der Waals surface area contributed by atoms with Crippen molar-refractivity contribution in [2.24, 2.45) is 0 Å². The molecule has 1 amide bonds. The molecule has 8 heteroatoms. The number of hydrogen-bond acceptors (Lipinski definition) is 6. The number of carboxylic acids is 1. The average Bonchev–Trinajstić information content (AvgIpc) is 2.69. The number of fused-ring (bicyclic) bond motifs is 1. The van der Waals surface area contributed by atoms with Crippen molar-refractivity contribution < 1.29 is 70.8 Å². The Bertz CT molecular complexity index is 524. The molecule has 20 heavy (non-hydrogen) atoms. The molecule has 0 fully saturated rings. The molecule has 0 bridgehead atoms. The van der Waals surface area contributed by atoms with E-state index in [1.165, 1.54) is 4.90 Å². The van der Waals surface area contributed by atoms with Gasteiger partial charge in [0.15, 0.2) is 0 Å². The van der Waals surface area contributed by atoms with Crippen LogP contribution in [0.4, 0.5) is 4.79 Å². The monoisotopic (exact) mass is 322 g/mol. The van der Waals surface area contributed by atoms with Crippen LogP contribution in [0.2, 0.25) is 0 Å². The van der Waals surface area contributed by atoms with Gasteiger partial charge in [0.25, 0.3) is 0 Å². The predicted molar refractivity (Wildman–Crippen MR) is 66.8 cm³/mol. The molecule has 1 aromatic rings. The number of carbonyl (C=O) groups is 2. The Balaban J connectivity index is 0.00000200. The molecule has 104 valence electrons. The summed E-state index contributed by atoms with van der Waals surface area (Å²) in [4.78, 5) is 29.1. The summed E-state index contributed by atoms with van der Waals surface area (Å²) >= 11 is 1.12. The minimum absolute atomic E-state index is 0. The molecular weight excluding hydrogens is 307 g/mol. The molecule has 0 aromatic carbocycles. The van der Waals surface area contributed by atoms with Gasteiger partial charge < -0.3 is 19.5 Å². The summed E-state index contributed by atoms with van der Waals surface area (Å²) in [6.45, 7) is 6.20. The molecule has 6 nitrogen and oxygen atoms in total. The van der Waals surface area contributed by atoms with E-state index in [0.29, 0.717) is 18.7 Å². The van der Waals surface area contributed by atoms with Crippen LogP contribution >= 0.6 is 11.3 Å². The normalized spacial score (nSPS) is 14.2. The van der Waals surface area contributed by atoms with Gasteiger partial charge in [0.1, 0.15) is 16.6 Å². The Kier molecular flexibility index (Phi) is 6.18. The number of hydrogen-bond donors (Lipinski definition) is 0. The van der Waals surface area contributed by atoms with Crippen LogP contribution in [0.5, 0.6) is 0 Å². The molecule has 2 heterocycles. The van der Waals surface area contributed by atoms with Crippen molar-refractivity contribution in [3.05, 3.63) is 15.6 Å². The SMILES string of the molecule is CC(C)(C)OC(=O)N1CCc2sc(C(=O)[O-])nc2C1.[K+]. The standard InChI is InChI=1S/C12H16N2O4S.K/c1-12(2,3)18-11(17)14-5-4-8-7(6-14)13-9(19-8)10(15)16;/h4-6H2,1-3H3,(H,15,16);/q;+1/p-1. The van der Waals surface area contributed by atoms with Gasteiger partial charge in [-0.15, -0.1) is 11.3 Å². The van der Waals surface area contributed by atoms with Gasteiger partial charge in [0.2, 0.25) is 0 Å². The zero-order chi connectivity index (χ0) is 14.2. The van der Waals surface area contributed by atoms with Gasteiger partial charge in [0.05, 0.1) is 12.2 Å². The molecule has 0 radical (unpaired) electrons. The summed E-state index contributed by atoms with van der Waals surface area (Å²) < 4.78 is 5.28. The van der Waals surface area contributed by atoms with Crippen molar-refractivity contribution in [1.82, 2.24) is 9.88 Å². The zero-order valence-corrected chi connectivity index (χ0v) is 16.0. The van der Waals surface area contributed by atoms with E-state index in [4.69, 9.17) is 4.74 Å². The van der Waals surface area contributed by atoms with Crippen LogP contribution < -0.4 is 56.5 Å². The number of aromatic nitrogens is 1. The van der Waals surface area contributed by atoms with E-state index in [0.717, 1.165) is 16.2 Å². The third kappa shape index (κ3) is 4.50. The van der Waals surface area contributed by atoms with E-state index in [1.807, 2.05) is 0 Å². The first-order chi connectivity index (χ1) is 8.76.